The zero-order valence-electron chi connectivity index (χ0n) is 12.7. The molecule has 0 aliphatic rings. The molecule has 0 spiro atoms. The number of aliphatic imine (C=N–C) groups is 1. The largest absolute Gasteiger partial charge is 0.261 e. The van der Waals surface area contributed by atoms with Gasteiger partial charge < -0.3 is 0 Å². The molecule has 0 saturated carbocycles. The van der Waals surface area contributed by atoms with Gasteiger partial charge in [0.2, 0.25) is 0 Å². The molecule has 0 saturated heterocycles. The van der Waals surface area contributed by atoms with E-state index >= 15 is 0 Å². The van der Waals surface area contributed by atoms with Gasteiger partial charge in [-0.05, 0) is 38.5 Å². The molecule has 0 amide bonds. The highest BCUT2D eigenvalue weighted by Crippen LogP contribution is 2.19. The summed E-state index contributed by atoms with van der Waals surface area (Å²) in [6, 6.07) is 7.98. The van der Waals surface area contributed by atoms with Crippen molar-refractivity contribution in [1.29, 1.82) is 0 Å². The molecule has 21 heavy (non-hydrogen) atoms. The minimum Gasteiger partial charge on any atom is -0.261 e. The van der Waals surface area contributed by atoms with E-state index in [0.29, 0.717) is 5.70 Å². The highest BCUT2D eigenvalue weighted by molar-refractivity contribution is 5.83. The molecule has 0 aliphatic heterocycles. The standard InChI is InChI=1S/C18H19N3/c1-5-13(2)10-20-15(4)18-9-8-17(12-21-18)16-7-6-14(3)19-11-16/h5-12H,4H2,1-3H3/b13-5-,20-10?. The summed E-state index contributed by atoms with van der Waals surface area (Å²) in [6.07, 6.45) is 7.47. The van der Waals surface area contributed by atoms with Gasteiger partial charge in [0.15, 0.2) is 0 Å². The van der Waals surface area contributed by atoms with E-state index in [9.17, 15) is 0 Å². The first kappa shape index (κ1) is 14.9. The quantitative estimate of drug-likeness (QED) is 0.774. The molecular formula is C18H19N3. The Kier molecular flexibility index (Phi) is 4.77. The van der Waals surface area contributed by atoms with Crippen LogP contribution >= 0.6 is 0 Å². The van der Waals surface area contributed by atoms with E-state index < -0.39 is 0 Å². The second-order valence-electron chi connectivity index (χ2n) is 4.86. The lowest BCUT2D eigenvalue weighted by molar-refractivity contribution is 1.20. The summed E-state index contributed by atoms with van der Waals surface area (Å²) < 4.78 is 0. The Balaban J connectivity index is 2.17. The van der Waals surface area contributed by atoms with E-state index in [2.05, 4.69) is 21.5 Å². The average molecular weight is 277 g/mol. The highest BCUT2D eigenvalue weighted by atomic mass is 14.8. The predicted octanol–water partition coefficient (Wildman–Crippen LogP) is 4.46. The van der Waals surface area contributed by atoms with Gasteiger partial charge in [-0.1, -0.05) is 24.8 Å². The first-order valence-electron chi connectivity index (χ1n) is 6.85. The summed E-state index contributed by atoms with van der Waals surface area (Å²) in [5, 5.41) is 0. The third-order valence-electron chi connectivity index (χ3n) is 3.18. The lowest BCUT2D eigenvalue weighted by atomic mass is 10.1. The van der Waals surface area contributed by atoms with Crippen LogP contribution in [0.3, 0.4) is 0 Å². The van der Waals surface area contributed by atoms with Crippen molar-refractivity contribution in [2.45, 2.75) is 20.8 Å². The molecule has 2 heterocycles. The smallest absolute Gasteiger partial charge is 0.0880 e. The average Bonchev–Trinajstić information content (AvgIpc) is 2.53. The Morgan fingerprint density at radius 2 is 1.76 bits per heavy atom. The number of allylic oxidation sites excluding steroid dienone is 2. The summed E-state index contributed by atoms with van der Waals surface area (Å²) in [7, 11) is 0. The summed E-state index contributed by atoms with van der Waals surface area (Å²) in [5.74, 6) is 0. The van der Waals surface area contributed by atoms with Gasteiger partial charge in [0, 0.05) is 35.4 Å². The number of aromatic nitrogens is 2. The van der Waals surface area contributed by atoms with E-state index in [1.54, 1.807) is 6.21 Å². The maximum atomic E-state index is 4.42. The van der Waals surface area contributed by atoms with E-state index in [4.69, 9.17) is 0 Å². The van der Waals surface area contributed by atoms with Gasteiger partial charge >= 0.3 is 0 Å². The Bertz CT molecular complexity index is 677. The van der Waals surface area contributed by atoms with Crippen molar-refractivity contribution in [3.05, 3.63) is 66.3 Å². The first-order valence-corrected chi connectivity index (χ1v) is 6.85. The molecule has 0 unspecified atom stereocenters. The van der Waals surface area contributed by atoms with Crippen LogP contribution in [-0.2, 0) is 0 Å². The second-order valence-corrected chi connectivity index (χ2v) is 4.86. The van der Waals surface area contributed by atoms with Crippen LogP contribution in [0.1, 0.15) is 25.2 Å². The van der Waals surface area contributed by atoms with Gasteiger partial charge in [-0.15, -0.1) is 0 Å². The first-order chi connectivity index (χ1) is 10.1. The van der Waals surface area contributed by atoms with Crippen LogP contribution in [0, 0.1) is 6.92 Å². The van der Waals surface area contributed by atoms with Gasteiger partial charge in [0.25, 0.3) is 0 Å². The minimum atomic E-state index is 0.657. The fraction of sp³-hybridized carbons (Fsp3) is 0.167. The van der Waals surface area contributed by atoms with Gasteiger partial charge in [-0.3, -0.25) is 15.0 Å². The maximum Gasteiger partial charge on any atom is 0.0880 e. The van der Waals surface area contributed by atoms with E-state index in [1.165, 1.54) is 0 Å². The topological polar surface area (TPSA) is 38.1 Å². The summed E-state index contributed by atoms with van der Waals surface area (Å²) in [5.41, 5.74) is 5.62. The van der Waals surface area contributed by atoms with Crippen LogP contribution in [0.2, 0.25) is 0 Å². The number of aryl methyl sites for hydroxylation is 1. The molecule has 3 nitrogen and oxygen atoms in total. The number of hydrogen-bond acceptors (Lipinski definition) is 3. The van der Waals surface area contributed by atoms with Crippen LogP contribution < -0.4 is 0 Å². The minimum absolute atomic E-state index is 0.657. The number of rotatable bonds is 4. The third-order valence-corrected chi connectivity index (χ3v) is 3.18. The van der Waals surface area contributed by atoms with Crippen molar-refractivity contribution in [1.82, 2.24) is 9.97 Å². The number of pyridine rings is 2. The van der Waals surface area contributed by atoms with Crippen LogP contribution in [0.4, 0.5) is 0 Å². The lowest BCUT2D eigenvalue weighted by Crippen LogP contribution is -1.89. The molecule has 106 valence electrons. The van der Waals surface area contributed by atoms with Crippen molar-refractivity contribution < 1.29 is 0 Å². The monoisotopic (exact) mass is 277 g/mol. The zero-order valence-corrected chi connectivity index (χ0v) is 12.7. The molecular weight excluding hydrogens is 258 g/mol. The SMILES string of the molecule is C=C(N=C/C(C)=C\C)c1ccc(-c2ccc(C)nc2)cn1. The maximum absolute atomic E-state index is 4.42. The van der Waals surface area contributed by atoms with Crippen LogP contribution in [0.25, 0.3) is 16.8 Å². The number of hydrogen-bond donors (Lipinski definition) is 0. The van der Waals surface area contributed by atoms with Crippen LogP contribution in [-0.4, -0.2) is 16.2 Å². The van der Waals surface area contributed by atoms with Crippen molar-refractivity contribution >= 4 is 11.9 Å². The van der Waals surface area contributed by atoms with E-state index in [1.807, 2.05) is 63.5 Å². The normalized spacial score (nSPS) is 11.9. The van der Waals surface area contributed by atoms with E-state index in [-0.39, 0.29) is 0 Å². The summed E-state index contributed by atoms with van der Waals surface area (Å²) in [6.45, 7) is 9.89. The van der Waals surface area contributed by atoms with Gasteiger partial charge in [-0.25, -0.2) is 0 Å². The van der Waals surface area contributed by atoms with Gasteiger partial charge in [0.05, 0.1) is 11.4 Å². The van der Waals surface area contributed by atoms with Crippen LogP contribution in [0.5, 0.6) is 0 Å². The van der Waals surface area contributed by atoms with Crippen LogP contribution in [0.15, 0.2) is 59.9 Å². The molecule has 2 aromatic rings. The van der Waals surface area contributed by atoms with Crippen molar-refractivity contribution in [2.24, 2.45) is 4.99 Å². The molecule has 0 radical (unpaired) electrons. The molecule has 0 aliphatic carbocycles. The highest BCUT2D eigenvalue weighted by Gasteiger charge is 2.02. The Morgan fingerprint density at radius 1 is 1.10 bits per heavy atom. The summed E-state index contributed by atoms with van der Waals surface area (Å²) in [4.78, 5) is 13.0. The second kappa shape index (κ2) is 6.75. The lowest BCUT2D eigenvalue weighted by Gasteiger charge is -2.03. The van der Waals surface area contributed by atoms with Gasteiger partial charge in [0.1, 0.15) is 0 Å². The molecule has 0 N–H and O–H groups in total. The molecule has 2 rings (SSSR count). The summed E-state index contributed by atoms with van der Waals surface area (Å²) >= 11 is 0. The number of nitrogens with zero attached hydrogens (tertiary/aromatic N) is 3. The fourth-order valence-corrected chi connectivity index (χ4v) is 1.69. The third kappa shape index (κ3) is 3.96. The Hall–Kier alpha value is -2.55. The van der Waals surface area contributed by atoms with Crippen molar-refractivity contribution in [2.75, 3.05) is 0 Å². The Labute approximate surface area is 125 Å². The molecule has 0 aromatic carbocycles. The molecule has 0 atom stereocenters. The Morgan fingerprint density at radius 3 is 2.29 bits per heavy atom. The van der Waals surface area contributed by atoms with E-state index in [0.717, 1.165) is 28.1 Å². The molecule has 0 bridgehead atoms. The van der Waals surface area contributed by atoms with Crippen molar-refractivity contribution in [3.8, 4) is 11.1 Å². The predicted molar refractivity (Wildman–Crippen MR) is 89.2 cm³/mol. The van der Waals surface area contributed by atoms with Crippen molar-refractivity contribution in [3.63, 3.8) is 0 Å². The van der Waals surface area contributed by atoms with Gasteiger partial charge in [-0.2, -0.15) is 0 Å². The fourth-order valence-electron chi connectivity index (χ4n) is 1.69. The zero-order chi connectivity index (χ0) is 15.2. The molecule has 2 aromatic heterocycles. The molecule has 0 fully saturated rings. The molecule has 3 heteroatoms.